The Morgan fingerprint density at radius 2 is 2.10 bits per heavy atom. The molecule has 1 rings (SSSR count). The van der Waals surface area contributed by atoms with E-state index in [0.717, 1.165) is 0 Å². The van der Waals surface area contributed by atoms with Crippen molar-refractivity contribution in [1.29, 1.82) is 0 Å². The molecule has 0 aromatic carbocycles. The molecule has 0 aromatic rings. The molecule has 0 fully saturated rings. The van der Waals surface area contributed by atoms with E-state index in [1.54, 1.807) is 0 Å². The van der Waals surface area contributed by atoms with E-state index >= 15 is 0 Å². The molecule has 0 spiro atoms. The summed E-state index contributed by atoms with van der Waals surface area (Å²) < 4.78 is 1.47. The molecule has 1 aliphatic carbocycles. The first-order valence-electron chi connectivity index (χ1n) is 3.17. The van der Waals surface area contributed by atoms with Crippen molar-refractivity contribution in [3.05, 3.63) is 22.1 Å². The molecule has 0 unspecified atom stereocenters. The number of hydrogen-bond donors (Lipinski definition) is 0. The average Bonchev–Trinajstić information content (AvgIpc) is 2.15. The van der Waals surface area contributed by atoms with Crippen molar-refractivity contribution in [3.8, 4) is 0 Å². The topological polar surface area (TPSA) is 17.1 Å². The molecule has 0 heterocycles. The van der Waals surface area contributed by atoms with Gasteiger partial charge >= 0.3 is 49.0 Å². The second kappa shape index (κ2) is 5.63. The summed E-state index contributed by atoms with van der Waals surface area (Å²) in [6.07, 6.45) is 7.56. The van der Waals surface area contributed by atoms with Crippen LogP contribution in [-0.2, 0) is 25.2 Å². The van der Waals surface area contributed by atoms with Gasteiger partial charge in [-0.05, 0) is 13.8 Å². The Bertz CT molecular complexity index is 164. The minimum absolute atomic E-state index is 0.167. The van der Waals surface area contributed by atoms with Crippen molar-refractivity contribution >= 4 is 5.78 Å². The van der Waals surface area contributed by atoms with Crippen molar-refractivity contribution in [1.82, 2.24) is 0 Å². The first-order valence-corrected chi connectivity index (χ1v) is 3.95. The quantitative estimate of drug-likeness (QED) is 0.509. The molecule has 1 aliphatic rings. The van der Waals surface area contributed by atoms with Crippen molar-refractivity contribution in [2.75, 3.05) is 0 Å². The summed E-state index contributed by atoms with van der Waals surface area (Å²) in [5, 5.41) is 0. The van der Waals surface area contributed by atoms with Crippen LogP contribution in [0.2, 0.25) is 0 Å². The van der Waals surface area contributed by atoms with Crippen LogP contribution in [0.1, 0.15) is 20.3 Å². The fraction of sp³-hybridized carbons (Fsp3) is 0.375. The van der Waals surface area contributed by atoms with Gasteiger partial charge in [0.25, 0.3) is 0 Å². The maximum atomic E-state index is 9.44. The predicted molar refractivity (Wildman–Crippen MR) is 38.2 cm³/mol. The number of carbonyl (C=O) groups is 1. The van der Waals surface area contributed by atoms with Crippen LogP contribution in [0, 0.1) is 0 Å². The van der Waals surface area contributed by atoms with Crippen LogP contribution < -0.4 is 0 Å². The number of Topliss-reactive ketones (excluding diaryl/α,β-unsaturated/α-hetero) is 1. The third-order valence-corrected chi connectivity index (χ3v) is 1.35. The molecule has 0 N–H and O–H groups in total. The van der Waals surface area contributed by atoms with Gasteiger partial charge < -0.3 is 4.79 Å². The van der Waals surface area contributed by atoms with Gasteiger partial charge in [0, 0.05) is 0 Å². The molecule has 0 aliphatic heterocycles. The molecule has 2 heteroatoms. The molecular weight excluding hydrogens is 160 g/mol. The number of carbonyl (C=O) groups excluding carboxylic acids is 1. The van der Waals surface area contributed by atoms with Gasteiger partial charge in [0.1, 0.15) is 5.78 Å². The molecule has 10 heavy (non-hydrogen) atoms. The second-order valence-electron chi connectivity index (χ2n) is 2.23. The average molecular weight is 171 g/mol. The first-order chi connectivity index (χ1) is 4.63. The Balaban J connectivity index is 0.000000180. The molecule has 0 bridgehead atoms. The van der Waals surface area contributed by atoms with E-state index in [2.05, 4.69) is 38.7 Å². The molecule has 0 saturated heterocycles. The van der Waals surface area contributed by atoms with Crippen LogP contribution in [0.15, 0.2) is 22.1 Å². The Hall–Kier alpha value is -0.136. The normalized spacial score (nSPS) is 13.5. The number of allylic oxidation sites excluding steroid dienone is 4. The van der Waals surface area contributed by atoms with Gasteiger partial charge in [0.2, 0.25) is 0 Å². The molecule has 53 valence electrons. The Morgan fingerprint density at radius 3 is 2.20 bits per heavy atom. The standard InChI is InChI=1S/C5H5.C3H6O.Ti/c1-2-4-5-3-1;1-3(2)4;/h1-3H,4H2;1-2H3;. The fourth-order valence-electron chi connectivity index (χ4n) is 0.447. The van der Waals surface area contributed by atoms with Crippen LogP contribution >= 0.6 is 0 Å². The third-order valence-electron chi connectivity index (χ3n) is 0.771. The number of ketones is 1. The summed E-state index contributed by atoms with van der Waals surface area (Å²) in [6, 6.07) is 0. The number of hydrogen-bond acceptors (Lipinski definition) is 1. The second-order valence-corrected chi connectivity index (χ2v) is 3.24. The molecule has 0 saturated carbocycles. The van der Waals surface area contributed by atoms with E-state index in [1.807, 2.05) is 0 Å². The van der Waals surface area contributed by atoms with E-state index in [-0.39, 0.29) is 5.78 Å². The monoisotopic (exact) mass is 171 g/mol. The van der Waals surface area contributed by atoms with E-state index in [9.17, 15) is 4.79 Å². The Kier molecular flexibility index (Phi) is 5.56. The van der Waals surface area contributed by atoms with Crippen molar-refractivity contribution in [2.24, 2.45) is 0 Å². The van der Waals surface area contributed by atoms with Gasteiger partial charge in [-0.15, -0.1) is 0 Å². The van der Waals surface area contributed by atoms with Crippen molar-refractivity contribution in [2.45, 2.75) is 20.3 Å². The summed E-state index contributed by atoms with van der Waals surface area (Å²) in [7, 11) is 0. The van der Waals surface area contributed by atoms with Crippen molar-refractivity contribution in [3.63, 3.8) is 0 Å². The van der Waals surface area contributed by atoms with Gasteiger partial charge in [-0.1, -0.05) is 0 Å². The van der Waals surface area contributed by atoms with Crippen molar-refractivity contribution < 1.29 is 25.2 Å². The van der Waals surface area contributed by atoms with Gasteiger partial charge in [0.15, 0.2) is 0 Å². The molecule has 0 radical (unpaired) electrons. The van der Waals surface area contributed by atoms with Gasteiger partial charge in [-0.3, -0.25) is 0 Å². The van der Waals surface area contributed by atoms with Crippen LogP contribution in [0.3, 0.4) is 0 Å². The molecule has 0 atom stereocenters. The molecular formula is C8H11OTi. The summed E-state index contributed by atoms with van der Waals surface area (Å²) in [4.78, 5) is 9.44. The summed E-state index contributed by atoms with van der Waals surface area (Å²) in [5.41, 5.74) is 0. The minimum atomic E-state index is 0.167. The molecule has 0 aromatic heterocycles. The van der Waals surface area contributed by atoms with E-state index in [4.69, 9.17) is 0 Å². The molecule has 1 nitrogen and oxygen atoms in total. The zero-order valence-corrected chi connectivity index (χ0v) is 7.91. The van der Waals surface area contributed by atoms with Crippen LogP contribution in [-0.4, -0.2) is 5.78 Å². The van der Waals surface area contributed by atoms with E-state index in [1.165, 1.54) is 24.1 Å². The maximum absolute atomic E-state index is 9.44. The SMILES string of the molecule is CC(C)=O.[Ti][C]1=CC=CC1. The Labute approximate surface area is 73.6 Å². The van der Waals surface area contributed by atoms with Crippen LogP contribution in [0.5, 0.6) is 0 Å². The van der Waals surface area contributed by atoms with E-state index in [0.29, 0.717) is 0 Å². The number of rotatable bonds is 0. The first kappa shape index (κ1) is 9.86. The van der Waals surface area contributed by atoms with E-state index < -0.39 is 0 Å². The van der Waals surface area contributed by atoms with Gasteiger partial charge in [-0.2, -0.15) is 0 Å². The fourth-order valence-corrected chi connectivity index (χ4v) is 0.782. The van der Waals surface area contributed by atoms with Crippen LogP contribution in [0.25, 0.3) is 0 Å². The predicted octanol–water partition coefficient (Wildman–Crippen LogP) is 1.97. The Morgan fingerprint density at radius 1 is 1.60 bits per heavy atom. The molecule has 0 amide bonds. The van der Waals surface area contributed by atoms with Gasteiger partial charge in [0.05, 0.1) is 0 Å². The summed E-state index contributed by atoms with van der Waals surface area (Å²) in [5.74, 6) is 0.167. The van der Waals surface area contributed by atoms with Crippen LogP contribution in [0.4, 0.5) is 0 Å². The zero-order chi connectivity index (χ0) is 7.98. The zero-order valence-electron chi connectivity index (χ0n) is 6.35. The third kappa shape index (κ3) is 7.86. The van der Waals surface area contributed by atoms with Gasteiger partial charge in [-0.25, -0.2) is 0 Å². The summed E-state index contributed by atoms with van der Waals surface area (Å²) >= 11 is 2.14. The summed E-state index contributed by atoms with van der Waals surface area (Å²) in [6.45, 7) is 3.06.